The van der Waals surface area contributed by atoms with Crippen LogP contribution in [-0.4, -0.2) is 11.7 Å². The molecule has 0 spiro atoms. The number of nitrogens with zero attached hydrogens (tertiary/aromatic N) is 3. The number of carbonyl (C=O) groups is 2. The van der Waals surface area contributed by atoms with Crippen LogP contribution < -0.4 is 5.32 Å². The van der Waals surface area contributed by atoms with E-state index in [1.54, 1.807) is 42.5 Å². The monoisotopic (exact) mass is 280 g/mol. The number of carbonyl (C=O) groups excluding carboxylic acids is 2. The van der Waals surface area contributed by atoms with Crippen LogP contribution in [0.15, 0.2) is 53.6 Å². The molecule has 6 nitrogen and oxygen atoms in total. The molecule has 0 heterocycles. The van der Waals surface area contributed by atoms with Crippen molar-refractivity contribution in [1.82, 2.24) is 0 Å². The molecule has 0 fully saturated rings. The van der Waals surface area contributed by atoms with Crippen LogP contribution in [0.5, 0.6) is 0 Å². The Morgan fingerprint density at radius 3 is 2.52 bits per heavy atom. The van der Waals surface area contributed by atoms with Gasteiger partial charge in [-0.2, -0.15) is 0 Å². The summed E-state index contributed by atoms with van der Waals surface area (Å²) >= 11 is 0. The van der Waals surface area contributed by atoms with E-state index in [0.717, 1.165) is 0 Å². The third-order valence-electron chi connectivity index (χ3n) is 2.80. The summed E-state index contributed by atoms with van der Waals surface area (Å²) in [6.07, 6.45) is 0. The normalized spacial score (nSPS) is 9.57. The van der Waals surface area contributed by atoms with Gasteiger partial charge < -0.3 is 5.32 Å². The van der Waals surface area contributed by atoms with Gasteiger partial charge in [-0.3, -0.25) is 9.59 Å². The Hall–Kier alpha value is -3.11. The van der Waals surface area contributed by atoms with Gasteiger partial charge in [-0.15, -0.1) is 0 Å². The van der Waals surface area contributed by atoms with E-state index in [1.807, 2.05) is 0 Å². The van der Waals surface area contributed by atoms with E-state index in [4.69, 9.17) is 5.53 Å². The fourth-order valence-corrected chi connectivity index (χ4v) is 1.78. The zero-order valence-corrected chi connectivity index (χ0v) is 11.3. The molecule has 1 amide bonds. The Kier molecular flexibility index (Phi) is 4.33. The lowest BCUT2D eigenvalue weighted by molar-refractivity contribution is 0.101. The molecule has 0 unspecified atom stereocenters. The van der Waals surface area contributed by atoms with E-state index in [1.165, 1.54) is 13.0 Å². The van der Waals surface area contributed by atoms with Crippen molar-refractivity contribution in [3.63, 3.8) is 0 Å². The zero-order chi connectivity index (χ0) is 15.2. The minimum absolute atomic E-state index is 0.0727. The first kappa shape index (κ1) is 14.3. The number of benzene rings is 2. The minimum atomic E-state index is -0.342. The van der Waals surface area contributed by atoms with Crippen molar-refractivity contribution in [2.24, 2.45) is 5.11 Å². The van der Waals surface area contributed by atoms with E-state index >= 15 is 0 Å². The molecule has 2 aromatic carbocycles. The molecular formula is C15H12N4O2. The van der Waals surface area contributed by atoms with Crippen molar-refractivity contribution in [1.29, 1.82) is 0 Å². The first-order valence-corrected chi connectivity index (χ1v) is 6.17. The number of anilines is 1. The molecule has 0 aromatic heterocycles. The van der Waals surface area contributed by atoms with Gasteiger partial charge in [0.25, 0.3) is 5.91 Å². The lowest BCUT2D eigenvalue weighted by Gasteiger charge is -2.06. The number of azide groups is 1. The number of Topliss-reactive ketones (excluding diaryl/α,β-unsaturated/α-hetero) is 1. The van der Waals surface area contributed by atoms with Gasteiger partial charge in [-0.1, -0.05) is 29.4 Å². The summed E-state index contributed by atoms with van der Waals surface area (Å²) in [5.74, 6) is -0.415. The largest absolute Gasteiger partial charge is 0.322 e. The number of hydrogen-bond acceptors (Lipinski definition) is 3. The quantitative estimate of drug-likeness (QED) is 0.395. The number of hydrogen-bond donors (Lipinski definition) is 1. The summed E-state index contributed by atoms with van der Waals surface area (Å²) in [7, 11) is 0. The molecule has 6 heteroatoms. The highest BCUT2D eigenvalue weighted by atomic mass is 16.1. The van der Waals surface area contributed by atoms with Crippen molar-refractivity contribution in [3.8, 4) is 0 Å². The SMILES string of the molecule is CC(=O)c1cccc(NC(=O)c2cccc(N=[N+]=[N-])c2)c1. The van der Waals surface area contributed by atoms with Crippen molar-refractivity contribution >= 4 is 23.1 Å². The van der Waals surface area contributed by atoms with Gasteiger partial charge in [0.15, 0.2) is 5.78 Å². The Morgan fingerprint density at radius 1 is 1.10 bits per heavy atom. The van der Waals surface area contributed by atoms with Gasteiger partial charge in [0.1, 0.15) is 0 Å². The van der Waals surface area contributed by atoms with Gasteiger partial charge in [0, 0.05) is 27.4 Å². The van der Waals surface area contributed by atoms with Crippen molar-refractivity contribution < 1.29 is 9.59 Å². The van der Waals surface area contributed by atoms with Crippen LogP contribution in [0.3, 0.4) is 0 Å². The van der Waals surface area contributed by atoms with Gasteiger partial charge in [-0.05, 0) is 36.7 Å². The maximum Gasteiger partial charge on any atom is 0.255 e. The van der Waals surface area contributed by atoms with Gasteiger partial charge in [-0.25, -0.2) is 0 Å². The molecule has 1 N–H and O–H groups in total. The molecule has 0 aliphatic rings. The summed E-state index contributed by atoms with van der Waals surface area (Å²) in [5, 5.41) is 6.15. The highest BCUT2D eigenvalue weighted by Crippen LogP contribution is 2.17. The molecule has 2 rings (SSSR count). The number of rotatable bonds is 4. The zero-order valence-electron chi connectivity index (χ0n) is 11.3. The second-order valence-corrected chi connectivity index (χ2v) is 4.33. The van der Waals surface area contributed by atoms with Crippen LogP contribution >= 0.6 is 0 Å². The van der Waals surface area contributed by atoms with Crippen LogP contribution in [0.1, 0.15) is 27.6 Å². The summed E-state index contributed by atoms with van der Waals surface area (Å²) in [6, 6.07) is 13.0. The smallest absolute Gasteiger partial charge is 0.255 e. The van der Waals surface area contributed by atoms with Gasteiger partial charge >= 0.3 is 0 Å². The molecule has 2 aromatic rings. The summed E-state index contributed by atoms with van der Waals surface area (Å²) in [4.78, 5) is 26.1. The lowest BCUT2D eigenvalue weighted by atomic mass is 10.1. The van der Waals surface area contributed by atoms with Crippen LogP contribution in [0.25, 0.3) is 10.4 Å². The summed E-state index contributed by atoms with van der Waals surface area (Å²) in [6.45, 7) is 1.46. The first-order chi connectivity index (χ1) is 10.1. The van der Waals surface area contributed by atoms with Gasteiger partial charge in [0.2, 0.25) is 0 Å². The van der Waals surface area contributed by atoms with Crippen molar-refractivity contribution in [3.05, 3.63) is 70.1 Å². The predicted molar refractivity (Wildman–Crippen MR) is 79.6 cm³/mol. The van der Waals surface area contributed by atoms with E-state index < -0.39 is 0 Å². The predicted octanol–water partition coefficient (Wildman–Crippen LogP) is 4.08. The topological polar surface area (TPSA) is 94.9 Å². The molecule has 0 radical (unpaired) electrons. The number of amides is 1. The van der Waals surface area contributed by atoms with Crippen molar-refractivity contribution in [2.45, 2.75) is 6.92 Å². The summed E-state index contributed by atoms with van der Waals surface area (Å²) < 4.78 is 0. The van der Waals surface area contributed by atoms with Crippen LogP contribution in [-0.2, 0) is 0 Å². The molecule has 0 bridgehead atoms. The Bertz CT molecular complexity index is 749. The molecule has 0 aliphatic heterocycles. The highest BCUT2D eigenvalue weighted by molar-refractivity contribution is 6.05. The molecule has 21 heavy (non-hydrogen) atoms. The van der Waals surface area contributed by atoms with Crippen molar-refractivity contribution in [2.75, 3.05) is 5.32 Å². The van der Waals surface area contributed by atoms with E-state index in [2.05, 4.69) is 15.3 Å². The molecule has 0 aliphatic carbocycles. The van der Waals surface area contributed by atoms with E-state index in [9.17, 15) is 9.59 Å². The maximum atomic E-state index is 12.1. The molecule has 0 atom stereocenters. The standard InChI is InChI=1S/C15H12N4O2/c1-10(20)11-4-2-6-13(8-11)17-15(21)12-5-3-7-14(9-12)18-19-16/h2-9H,1H3,(H,17,21). The maximum absolute atomic E-state index is 12.1. The van der Waals surface area contributed by atoms with Gasteiger partial charge in [0.05, 0.1) is 0 Å². The van der Waals surface area contributed by atoms with E-state index in [0.29, 0.717) is 22.5 Å². The third-order valence-corrected chi connectivity index (χ3v) is 2.80. The fourth-order valence-electron chi connectivity index (χ4n) is 1.78. The first-order valence-electron chi connectivity index (χ1n) is 6.17. The average molecular weight is 280 g/mol. The highest BCUT2D eigenvalue weighted by Gasteiger charge is 2.07. The van der Waals surface area contributed by atoms with Crippen LogP contribution in [0, 0.1) is 0 Å². The van der Waals surface area contributed by atoms with Crippen LogP contribution in [0.2, 0.25) is 0 Å². The summed E-state index contributed by atoms with van der Waals surface area (Å²) in [5.41, 5.74) is 10.2. The average Bonchev–Trinajstić information content (AvgIpc) is 2.48. The number of ketones is 1. The Balaban J connectivity index is 2.21. The molecule has 0 saturated heterocycles. The fraction of sp³-hybridized carbons (Fsp3) is 0.0667. The molecule has 0 saturated carbocycles. The lowest BCUT2D eigenvalue weighted by Crippen LogP contribution is -2.12. The third kappa shape index (κ3) is 3.68. The molecule has 104 valence electrons. The number of nitrogens with one attached hydrogen (secondary N) is 1. The Labute approximate surface area is 121 Å². The Morgan fingerprint density at radius 2 is 1.81 bits per heavy atom. The second-order valence-electron chi connectivity index (χ2n) is 4.33. The molecular weight excluding hydrogens is 268 g/mol. The second kappa shape index (κ2) is 6.36. The minimum Gasteiger partial charge on any atom is -0.322 e. The van der Waals surface area contributed by atoms with Crippen LogP contribution in [0.4, 0.5) is 11.4 Å². The van der Waals surface area contributed by atoms with E-state index in [-0.39, 0.29) is 11.7 Å².